The number of allylic oxidation sites excluding steroid dienone is 5. The minimum Gasteiger partial charge on any atom is -0.394 e. The van der Waals surface area contributed by atoms with Crippen LogP contribution in [-0.4, -0.2) is 193 Å². The summed E-state index contributed by atoms with van der Waals surface area (Å²) in [6.45, 7) is 1.76. The van der Waals surface area contributed by atoms with E-state index in [9.17, 15) is 61.0 Å². The molecule has 0 aliphatic carbocycles. The third-order valence-corrected chi connectivity index (χ3v) is 19.2. The number of ether oxygens (including phenoxy) is 6. The SMILES string of the molecule is CCCCCCCCCCCCCCCCC/C=C/CC/C=C/CC/C=C/C(O)C(COC1OC(CO)C(OC2OC(CO)C(OC3OC(CO)C(O)C(O)C3O)C(O)C2O)C(O)C1O)NC(=O)CCCCCCCCCCCCCCCCCCCCCCCCCC. The summed E-state index contributed by atoms with van der Waals surface area (Å²) in [5, 5.41) is 121. The maximum Gasteiger partial charge on any atom is 0.220 e. The zero-order valence-electron chi connectivity index (χ0n) is 58.7. The average Bonchev–Trinajstić information content (AvgIpc) is 0.787. The van der Waals surface area contributed by atoms with Crippen LogP contribution < -0.4 is 5.32 Å². The molecule has 552 valence electrons. The highest BCUT2D eigenvalue weighted by atomic mass is 16.8. The van der Waals surface area contributed by atoms with Crippen LogP contribution in [0.4, 0.5) is 0 Å². The molecule has 3 rings (SSSR count). The summed E-state index contributed by atoms with van der Waals surface area (Å²) in [7, 11) is 0. The van der Waals surface area contributed by atoms with Crippen molar-refractivity contribution in [2.45, 2.75) is 407 Å². The Labute approximate surface area is 568 Å². The lowest BCUT2D eigenvalue weighted by Gasteiger charge is -2.48. The molecular formula is C75H139NO18. The van der Waals surface area contributed by atoms with E-state index in [1.54, 1.807) is 6.08 Å². The van der Waals surface area contributed by atoms with E-state index >= 15 is 0 Å². The second-order valence-corrected chi connectivity index (χ2v) is 27.5. The van der Waals surface area contributed by atoms with Gasteiger partial charge in [0.05, 0.1) is 38.6 Å². The Kier molecular flexibility index (Phi) is 52.0. The first-order chi connectivity index (χ1) is 45.8. The van der Waals surface area contributed by atoms with E-state index in [-0.39, 0.29) is 18.9 Å². The molecule has 0 aromatic heterocycles. The molecule has 0 saturated carbocycles. The summed E-state index contributed by atoms with van der Waals surface area (Å²) in [6.07, 6.45) is 41.3. The summed E-state index contributed by atoms with van der Waals surface area (Å²) >= 11 is 0. The van der Waals surface area contributed by atoms with Crippen molar-refractivity contribution < 1.29 is 89.4 Å². The largest absolute Gasteiger partial charge is 0.394 e. The first-order valence-electron chi connectivity index (χ1n) is 38.2. The molecular weight excluding hydrogens is 1200 g/mol. The predicted octanol–water partition coefficient (Wildman–Crippen LogP) is 11.6. The molecule has 0 bridgehead atoms. The average molecular weight is 1340 g/mol. The van der Waals surface area contributed by atoms with Gasteiger partial charge in [-0.15, -0.1) is 0 Å². The van der Waals surface area contributed by atoms with Crippen molar-refractivity contribution in [2.75, 3.05) is 26.4 Å². The van der Waals surface area contributed by atoms with E-state index in [1.165, 1.54) is 225 Å². The molecule has 3 fully saturated rings. The Bertz CT molecular complexity index is 1840. The number of unbranched alkanes of at least 4 members (excludes halogenated alkanes) is 40. The molecule has 3 aliphatic rings. The zero-order chi connectivity index (χ0) is 68.2. The lowest BCUT2D eigenvalue weighted by Crippen LogP contribution is -2.66. The molecule has 0 radical (unpaired) electrons. The highest BCUT2D eigenvalue weighted by Crippen LogP contribution is 2.33. The van der Waals surface area contributed by atoms with Crippen LogP contribution in [0.3, 0.4) is 0 Å². The van der Waals surface area contributed by atoms with Crippen LogP contribution in [0.2, 0.25) is 0 Å². The van der Waals surface area contributed by atoms with Gasteiger partial charge in [-0.3, -0.25) is 4.79 Å². The molecule has 3 heterocycles. The number of aliphatic hydroxyl groups is 11. The van der Waals surface area contributed by atoms with E-state index in [2.05, 4.69) is 43.5 Å². The molecule has 12 N–H and O–H groups in total. The van der Waals surface area contributed by atoms with Crippen molar-refractivity contribution in [3.8, 4) is 0 Å². The van der Waals surface area contributed by atoms with Gasteiger partial charge in [-0.1, -0.05) is 288 Å². The van der Waals surface area contributed by atoms with Gasteiger partial charge in [0.2, 0.25) is 5.91 Å². The number of amides is 1. The topological polar surface area (TPSA) is 307 Å². The number of carbonyl (C=O) groups is 1. The normalized spacial score (nSPS) is 27.5. The molecule has 3 saturated heterocycles. The molecule has 3 aliphatic heterocycles. The molecule has 19 heteroatoms. The fourth-order valence-corrected chi connectivity index (χ4v) is 13.0. The lowest BCUT2D eigenvalue weighted by atomic mass is 9.96. The van der Waals surface area contributed by atoms with Crippen molar-refractivity contribution in [1.29, 1.82) is 0 Å². The molecule has 19 nitrogen and oxygen atoms in total. The van der Waals surface area contributed by atoms with E-state index in [0.29, 0.717) is 12.8 Å². The van der Waals surface area contributed by atoms with Gasteiger partial charge in [-0.05, 0) is 44.9 Å². The third kappa shape index (κ3) is 37.4. The van der Waals surface area contributed by atoms with Crippen molar-refractivity contribution in [1.82, 2.24) is 5.32 Å². The Morgan fingerprint density at radius 1 is 0.372 bits per heavy atom. The number of hydrogen-bond acceptors (Lipinski definition) is 18. The fraction of sp³-hybridized carbons (Fsp3) is 0.907. The molecule has 0 aromatic carbocycles. The fourth-order valence-electron chi connectivity index (χ4n) is 13.0. The molecule has 94 heavy (non-hydrogen) atoms. The lowest BCUT2D eigenvalue weighted by molar-refractivity contribution is -0.379. The highest BCUT2D eigenvalue weighted by molar-refractivity contribution is 5.76. The summed E-state index contributed by atoms with van der Waals surface area (Å²) in [4.78, 5) is 13.4. The van der Waals surface area contributed by atoms with Gasteiger partial charge in [0, 0.05) is 6.42 Å². The van der Waals surface area contributed by atoms with Crippen molar-refractivity contribution >= 4 is 5.91 Å². The van der Waals surface area contributed by atoms with Gasteiger partial charge in [0.15, 0.2) is 18.9 Å². The second kappa shape index (κ2) is 56.7. The molecule has 0 aromatic rings. The first kappa shape index (κ1) is 86.2. The van der Waals surface area contributed by atoms with Gasteiger partial charge in [-0.25, -0.2) is 0 Å². The summed E-state index contributed by atoms with van der Waals surface area (Å²) < 4.78 is 34.4. The van der Waals surface area contributed by atoms with Crippen LogP contribution >= 0.6 is 0 Å². The van der Waals surface area contributed by atoms with Gasteiger partial charge < -0.3 is 89.9 Å². The monoisotopic (exact) mass is 1340 g/mol. The van der Waals surface area contributed by atoms with Crippen molar-refractivity contribution in [2.24, 2.45) is 0 Å². The van der Waals surface area contributed by atoms with E-state index < -0.39 is 124 Å². The van der Waals surface area contributed by atoms with Crippen LogP contribution in [0.15, 0.2) is 36.5 Å². The Hall–Kier alpha value is -1.99. The predicted molar refractivity (Wildman–Crippen MR) is 369 cm³/mol. The van der Waals surface area contributed by atoms with Gasteiger partial charge in [0.1, 0.15) is 73.2 Å². The molecule has 1 amide bonds. The van der Waals surface area contributed by atoms with Crippen molar-refractivity contribution in [3.63, 3.8) is 0 Å². The smallest absolute Gasteiger partial charge is 0.220 e. The number of hydrogen-bond donors (Lipinski definition) is 12. The minimum atomic E-state index is -1.98. The first-order valence-corrected chi connectivity index (χ1v) is 38.2. The molecule has 0 spiro atoms. The highest BCUT2D eigenvalue weighted by Gasteiger charge is 2.53. The Morgan fingerprint density at radius 2 is 0.681 bits per heavy atom. The van der Waals surface area contributed by atoms with E-state index in [0.717, 1.165) is 44.9 Å². The van der Waals surface area contributed by atoms with Crippen LogP contribution in [0.5, 0.6) is 0 Å². The zero-order valence-corrected chi connectivity index (χ0v) is 58.7. The van der Waals surface area contributed by atoms with Gasteiger partial charge in [-0.2, -0.15) is 0 Å². The molecule has 17 unspecified atom stereocenters. The van der Waals surface area contributed by atoms with E-state index in [1.807, 2.05) is 6.08 Å². The standard InChI is InChI=1S/C75H139NO18/c1-3-5-7-9-11-13-15-17-19-21-23-25-27-29-30-32-34-36-38-40-42-44-46-48-50-52-59(80)58(76-63(81)53-51-49-47-45-43-41-39-37-35-33-31-28-26-24-22-20-18-16-14-12-10-8-6-4-2)57-89-73-69(87)66(84)71(61(55-78)91-73)94-75-70(88)67(85)72(62(56-79)92-75)93-74-68(86)65(83)64(82)60(54-77)90-74/h34,36,42,44,50,52,58-62,64-75,77-80,82-88H,3-33,35,37-41,43,45-49,51,53-57H2,1-2H3,(H,76,81)/b36-34+,44-42+,52-50+. The third-order valence-electron chi connectivity index (χ3n) is 19.2. The number of rotatable bonds is 60. The summed E-state index contributed by atoms with van der Waals surface area (Å²) in [6, 6.07) is -0.995. The van der Waals surface area contributed by atoms with E-state index in [4.69, 9.17) is 28.4 Å². The minimum absolute atomic E-state index is 0.236. The Balaban J connectivity index is 1.42. The van der Waals surface area contributed by atoms with Crippen molar-refractivity contribution in [3.05, 3.63) is 36.5 Å². The second-order valence-electron chi connectivity index (χ2n) is 27.5. The van der Waals surface area contributed by atoms with Gasteiger partial charge >= 0.3 is 0 Å². The van der Waals surface area contributed by atoms with Crippen LogP contribution in [0.25, 0.3) is 0 Å². The maximum absolute atomic E-state index is 13.4. The summed E-state index contributed by atoms with van der Waals surface area (Å²) in [5.74, 6) is -0.284. The number of carbonyl (C=O) groups excluding carboxylic acids is 1. The quantitative estimate of drug-likeness (QED) is 0.0199. The van der Waals surface area contributed by atoms with Crippen LogP contribution in [0.1, 0.15) is 303 Å². The number of aliphatic hydroxyl groups excluding tert-OH is 11. The van der Waals surface area contributed by atoms with Gasteiger partial charge in [0.25, 0.3) is 0 Å². The number of nitrogens with one attached hydrogen (secondary N) is 1. The Morgan fingerprint density at radius 3 is 1.06 bits per heavy atom. The summed E-state index contributed by atoms with van der Waals surface area (Å²) in [5.41, 5.74) is 0. The van der Waals surface area contributed by atoms with Crippen LogP contribution in [0, 0.1) is 0 Å². The molecule has 17 atom stereocenters. The maximum atomic E-state index is 13.4. The van der Waals surface area contributed by atoms with Crippen LogP contribution in [-0.2, 0) is 33.2 Å².